The molecule has 0 atom stereocenters. The molecule has 2 heterocycles. The summed E-state index contributed by atoms with van der Waals surface area (Å²) in [5, 5.41) is 18.2. The molecule has 4 aromatic rings. The second-order valence-corrected chi connectivity index (χ2v) is 6.64. The van der Waals surface area contributed by atoms with Crippen LogP contribution in [0.2, 0.25) is 5.02 Å². The lowest BCUT2D eigenvalue weighted by atomic mass is 10.1. The number of nitrogens with zero attached hydrogens (tertiary/aromatic N) is 5. The van der Waals surface area contributed by atoms with Crippen LogP contribution < -0.4 is 5.32 Å². The Labute approximate surface area is 173 Å². The fourth-order valence-electron chi connectivity index (χ4n) is 2.86. The van der Waals surface area contributed by atoms with Crippen molar-refractivity contribution in [3.05, 3.63) is 76.3 Å². The summed E-state index contributed by atoms with van der Waals surface area (Å²) in [4.78, 5) is 12.8. The fourth-order valence-corrected chi connectivity index (χ4v) is 3.08. The molecule has 0 aliphatic rings. The smallest absolute Gasteiger partial charge is 0.257 e. The van der Waals surface area contributed by atoms with Gasteiger partial charge in [0.25, 0.3) is 5.91 Å². The Morgan fingerprint density at radius 2 is 2.00 bits per heavy atom. The number of rotatable bonds is 5. The third kappa shape index (κ3) is 3.64. The zero-order valence-electron chi connectivity index (χ0n) is 15.4. The Morgan fingerprint density at radius 3 is 2.77 bits per heavy atom. The van der Waals surface area contributed by atoms with E-state index in [1.165, 1.54) is 10.7 Å². The van der Waals surface area contributed by atoms with Gasteiger partial charge < -0.3 is 9.84 Å². The van der Waals surface area contributed by atoms with Gasteiger partial charge in [-0.15, -0.1) is 5.10 Å². The van der Waals surface area contributed by atoms with Crippen molar-refractivity contribution in [1.82, 2.24) is 30.7 Å². The number of tetrazole rings is 1. The number of carbonyl (C=O) groups excluding carboxylic acids is 1. The summed E-state index contributed by atoms with van der Waals surface area (Å²) in [7, 11) is 0. The summed E-state index contributed by atoms with van der Waals surface area (Å²) >= 11 is 6.21. The number of halogens is 3. The Bertz CT molecular complexity index is 1240. The van der Waals surface area contributed by atoms with Crippen LogP contribution in [0, 0.1) is 18.6 Å². The van der Waals surface area contributed by atoms with Crippen molar-refractivity contribution in [2.75, 3.05) is 0 Å². The molecule has 0 spiro atoms. The molecule has 0 fully saturated rings. The van der Waals surface area contributed by atoms with Gasteiger partial charge in [0.2, 0.25) is 0 Å². The van der Waals surface area contributed by atoms with Crippen LogP contribution in [0.1, 0.15) is 21.9 Å². The van der Waals surface area contributed by atoms with Crippen LogP contribution in [0.4, 0.5) is 8.78 Å². The molecule has 0 bridgehead atoms. The highest BCUT2D eigenvalue weighted by Gasteiger charge is 2.23. The zero-order chi connectivity index (χ0) is 21.3. The van der Waals surface area contributed by atoms with E-state index in [9.17, 15) is 13.6 Å². The van der Waals surface area contributed by atoms with Gasteiger partial charge >= 0.3 is 0 Å². The van der Waals surface area contributed by atoms with E-state index in [2.05, 4.69) is 26.0 Å². The molecule has 2 aromatic carbocycles. The molecule has 2 aromatic heterocycles. The number of benzene rings is 2. The van der Waals surface area contributed by atoms with Crippen LogP contribution in [0.3, 0.4) is 0 Å². The number of carbonyl (C=O) groups is 1. The Kier molecular flexibility index (Phi) is 5.23. The van der Waals surface area contributed by atoms with E-state index in [-0.39, 0.29) is 23.6 Å². The van der Waals surface area contributed by atoms with Gasteiger partial charge in [0.05, 0.1) is 17.3 Å². The van der Waals surface area contributed by atoms with Gasteiger partial charge in [-0.2, -0.15) is 4.68 Å². The lowest BCUT2D eigenvalue weighted by Crippen LogP contribution is -2.25. The third-order valence-corrected chi connectivity index (χ3v) is 4.64. The summed E-state index contributed by atoms with van der Waals surface area (Å²) in [5.74, 6) is -1.99. The van der Waals surface area contributed by atoms with Crippen LogP contribution in [0.25, 0.3) is 16.9 Å². The Balaban J connectivity index is 1.58. The molecule has 1 amide bonds. The van der Waals surface area contributed by atoms with Crippen LogP contribution in [0.15, 0.2) is 47.0 Å². The molecular formula is C19H13ClF2N6O2. The van der Waals surface area contributed by atoms with Crippen molar-refractivity contribution in [3.63, 3.8) is 0 Å². The molecule has 0 radical (unpaired) electrons. The maximum Gasteiger partial charge on any atom is 0.257 e. The number of aromatic nitrogens is 5. The van der Waals surface area contributed by atoms with E-state index in [4.69, 9.17) is 16.1 Å². The van der Waals surface area contributed by atoms with Crippen molar-refractivity contribution < 1.29 is 18.1 Å². The topological polar surface area (TPSA) is 98.7 Å². The van der Waals surface area contributed by atoms with Gasteiger partial charge in [0.1, 0.15) is 17.0 Å². The van der Waals surface area contributed by atoms with Gasteiger partial charge in [-0.05, 0) is 35.5 Å². The minimum absolute atomic E-state index is 0.0859. The maximum atomic E-state index is 13.5. The van der Waals surface area contributed by atoms with E-state index in [1.54, 1.807) is 31.2 Å². The molecule has 0 aliphatic heterocycles. The monoisotopic (exact) mass is 430 g/mol. The van der Waals surface area contributed by atoms with Crippen molar-refractivity contribution in [2.24, 2.45) is 0 Å². The van der Waals surface area contributed by atoms with Crippen LogP contribution >= 0.6 is 11.6 Å². The molecule has 152 valence electrons. The lowest BCUT2D eigenvalue weighted by Gasteiger charge is -2.08. The first-order chi connectivity index (χ1) is 14.5. The predicted molar refractivity (Wildman–Crippen MR) is 102 cm³/mol. The van der Waals surface area contributed by atoms with Gasteiger partial charge in [-0.3, -0.25) is 4.79 Å². The number of amides is 1. The minimum Gasteiger partial charge on any atom is -0.360 e. The van der Waals surface area contributed by atoms with Gasteiger partial charge in [-0.25, -0.2) is 8.78 Å². The maximum absolute atomic E-state index is 13.5. The summed E-state index contributed by atoms with van der Waals surface area (Å²) in [6.07, 6.45) is 0. The molecule has 0 unspecified atom stereocenters. The molecule has 11 heteroatoms. The molecule has 0 saturated heterocycles. The van der Waals surface area contributed by atoms with Crippen molar-refractivity contribution >= 4 is 17.5 Å². The van der Waals surface area contributed by atoms with Gasteiger partial charge in [-0.1, -0.05) is 35.0 Å². The highest BCUT2D eigenvalue weighted by atomic mass is 35.5. The molecule has 1 N–H and O–H groups in total. The highest BCUT2D eigenvalue weighted by molar-refractivity contribution is 6.33. The first kappa shape index (κ1) is 19.6. The van der Waals surface area contributed by atoms with Crippen LogP contribution in [0.5, 0.6) is 0 Å². The van der Waals surface area contributed by atoms with Crippen molar-refractivity contribution in [2.45, 2.75) is 13.5 Å². The molecular weight excluding hydrogens is 418 g/mol. The zero-order valence-corrected chi connectivity index (χ0v) is 16.2. The van der Waals surface area contributed by atoms with E-state index < -0.39 is 17.5 Å². The highest BCUT2D eigenvalue weighted by Crippen LogP contribution is 2.30. The number of nitrogens with one attached hydrogen (secondary N) is 1. The third-order valence-electron chi connectivity index (χ3n) is 4.31. The first-order valence-corrected chi connectivity index (χ1v) is 9.05. The van der Waals surface area contributed by atoms with Crippen molar-refractivity contribution in [3.8, 4) is 16.9 Å². The summed E-state index contributed by atoms with van der Waals surface area (Å²) in [6.45, 7) is 1.52. The molecule has 0 saturated carbocycles. The molecule has 4 rings (SSSR count). The van der Waals surface area contributed by atoms with E-state index in [1.807, 2.05) is 0 Å². The van der Waals surface area contributed by atoms with Gasteiger partial charge in [0.15, 0.2) is 17.5 Å². The van der Waals surface area contributed by atoms with E-state index in [0.717, 1.165) is 12.1 Å². The van der Waals surface area contributed by atoms with Crippen LogP contribution in [-0.4, -0.2) is 31.3 Å². The van der Waals surface area contributed by atoms with Crippen molar-refractivity contribution in [1.29, 1.82) is 0 Å². The lowest BCUT2D eigenvalue weighted by molar-refractivity contribution is 0.0948. The average Bonchev–Trinajstić information content (AvgIpc) is 3.35. The minimum atomic E-state index is -1.04. The summed E-state index contributed by atoms with van der Waals surface area (Å²) < 4.78 is 33.1. The standard InChI is InChI=1S/C19H13ClF2N6O2/c1-10-17(18(25-30-10)12-4-2-3-5-13(12)20)19(29)23-9-16-24-26-27-28(16)11-6-7-14(21)15(22)8-11/h2-8H,9H2,1H3,(H,23,29). The largest absolute Gasteiger partial charge is 0.360 e. The fraction of sp³-hybridized carbons (Fsp3) is 0.105. The van der Waals surface area contributed by atoms with E-state index >= 15 is 0 Å². The quantitative estimate of drug-likeness (QED) is 0.520. The normalized spacial score (nSPS) is 10.9. The molecule has 0 aliphatic carbocycles. The summed E-state index contributed by atoms with van der Waals surface area (Å²) in [5.41, 5.74) is 1.28. The Morgan fingerprint density at radius 1 is 1.20 bits per heavy atom. The second-order valence-electron chi connectivity index (χ2n) is 6.23. The number of aryl methyl sites for hydroxylation is 1. The number of hydrogen-bond acceptors (Lipinski definition) is 6. The molecule has 30 heavy (non-hydrogen) atoms. The van der Waals surface area contributed by atoms with Crippen LogP contribution in [-0.2, 0) is 6.54 Å². The van der Waals surface area contributed by atoms with Gasteiger partial charge in [0, 0.05) is 11.6 Å². The van der Waals surface area contributed by atoms with E-state index in [0.29, 0.717) is 22.0 Å². The average molecular weight is 431 g/mol. The second kappa shape index (κ2) is 7.99. The SMILES string of the molecule is Cc1onc(-c2ccccc2Cl)c1C(=O)NCc1nnnn1-c1ccc(F)c(F)c1. The summed E-state index contributed by atoms with van der Waals surface area (Å²) in [6, 6.07) is 10.2. The predicted octanol–water partition coefficient (Wildman–Crippen LogP) is 3.49. The Hall–Kier alpha value is -3.66. The first-order valence-electron chi connectivity index (χ1n) is 8.67. The molecule has 8 nitrogen and oxygen atoms in total. The number of hydrogen-bond donors (Lipinski definition) is 1.